The van der Waals surface area contributed by atoms with Gasteiger partial charge in [0.2, 0.25) is 0 Å². The maximum atomic E-state index is 5.48. The van der Waals surface area contributed by atoms with E-state index in [9.17, 15) is 0 Å². The van der Waals surface area contributed by atoms with Crippen LogP contribution in [-0.2, 0) is 5.41 Å². The molecule has 2 rings (SSSR count). The van der Waals surface area contributed by atoms with E-state index in [1.807, 2.05) is 42.5 Å². The minimum absolute atomic E-state index is 0.191. The Morgan fingerprint density at radius 3 is 2.05 bits per heavy atom. The highest BCUT2D eigenvalue weighted by molar-refractivity contribution is 5.50. The summed E-state index contributed by atoms with van der Waals surface area (Å²) in [5.41, 5.74) is 2.77. The zero-order valence-corrected chi connectivity index (χ0v) is 11.3. The molecular formula is C19H16. The van der Waals surface area contributed by atoms with Gasteiger partial charge in [0.1, 0.15) is 0 Å². The van der Waals surface area contributed by atoms with E-state index in [-0.39, 0.29) is 5.41 Å². The first kappa shape index (κ1) is 13.0. The third-order valence-electron chi connectivity index (χ3n) is 3.09. The maximum absolute atomic E-state index is 5.48. The second-order valence-electron chi connectivity index (χ2n) is 4.93. The lowest BCUT2D eigenvalue weighted by Gasteiger charge is -2.17. The van der Waals surface area contributed by atoms with E-state index in [2.05, 4.69) is 43.7 Å². The number of hydrogen-bond acceptors (Lipinski definition) is 0. The van der Waals surface area contributed by atoms with Crippen LogP contribution in [0.3, 0.4) is 0 Å². The van der Waals surface area contributed by atoms with Crippen molar-refractivity contribution in [2.75, 3.05) is 0 Å². The fourth-order valence-corrected chi connectivity index (χ4v) is 1.87. The summed E-state index contributed by atoms with van der Waals surface area (Å²) in [4.78, 5) is 0. The molecule has 0 saturated carbocycles. The Morgan fingerprint density at radius 1 is 0.842 bits per heavy atom. The monoisotopic (exact) mass is 244 g/mol. The molecule has 0 bridgehead atoms. The highest BCUT2D eigenvalue weighted by Crippen LogP contribution is 2.22. The zero-order valence-electron chi connectivity index (χ0n) is 11.3. The number of rotatable bonds is 1. The van der Waals surface area contributed by atoms with Crippen LogP contribution < -0.4 is 0 Å². The molecule has 2 aromatic rings. The molecule has 0 aliphatic rings. The molecule has 0 radical (unpaired) electrons. The van der Waals surface area contributed by atoms with Crippen molar-refractivity contribution in [3.63, 3.8) is 0 Å². The lowest BCUT2D eigenvalue weighted by molar-refractivity contribution is 0.698. The molecule has 0 spiro atoms. The molecule has 0 nitrogen and oxygen atoms in total. The van der Waals surface area contributed by atoms with Crippen molar-refractivity contribution in [3.8, 4) is 24.2 Å². The largest absolute Gasteiger partial charge is 0.115 e. The number of terminal acetylenes is 1. The third-order valence-corrected chi connectivity index (χ3v) is 3.09. The summed E-state index contributed by atoms with van der Waals surface area (Å²) < 4.78 is 0. The fraction of sp³-hybridized carbons (Fsp3) is 0.158. The smallest absolute Gasteiger partial charge is 0.0510 e. The van der Waals surface area contributed by atoms with Gasteiger partial charge in [-0.05, 0) is 31.5 Å². The Morgan fingerprint density at radius 2 is 1.42 bits per heavy atom. The molecule has 92 valence electrons. The van der Waals surface area contributed by atoms with Crippen LogP contribution >= 0.6 is 0 Å². The number of benzene rings is 2. The summed E-state index contributed by atoms with van der Waals surface area (Å²) in [6.07, 6.45) is 5.48. The van der Waals surface area contributed by atoms with E-state index in [0.717, 1.165) is 11.1 Å². The summed E-state index contributed by atoms with van der Waals surface area (Å²) >= 11 is 0. The third kappa shape index (κ3) is 3.06. The first-order chi connectivity index (χ1) is 9.13. The van der Waals surface area contributed by atoms with Gasteiger partial charge in [0, 0.05) is 11.1 Å². The van der Waals surface area contributed by atoms with Crippen molar-refractivity contribution in [2.45, 2.75) is 19.3 Å². The van der Waals surface area contributed by atoms with E-state index >= 15 is 0 Å². The van der Waals surface area contributed by atoms with Crippen molar-refractivity contribution in [2.24, 2.45) is 0 Å². The lowest BCUT2D eigenvalue weighted by atomic mass is 9.85. The van der Waals surface area contributed by atoms with E-state index in [1.54, 1.807) is 0 Å². The van der Waals surface area contributed by atoms with Gasteiger partial charge in [-0.15, -0.1) is 6.42 Å². The quantitative estimate of drug-likeness (QED) is 0.665. The van der Waals surface area contributed by atoms with Crippen LogP contribution in [0.2, 0.25) is 0 Å². The van der Waals surface area contributed by atoms with Gasteiger partial charge in [-0.1, -0.05) is 60.2 Å². The van der Waals surface area contributed by atoms with E-state index in [1.165, 1.54) is 5.56 Å². The van der Waals surface area contributed by atoms with E-state index < -0.39 is 0 Å². The summed E-state index contributed by atoms with van der Waals surface area (Å²) in [5, 5.41) is 0. The molecule has 0 amide bonds. The molecule has 0 aliphatic heterocycles. The normalized spacial score (nSPS) is 10.2. The molecule has 19 heavy (non-hydrogen) atoms. The Balaban J connectivity index is 2.37. The molecule has 0 atom stereocenters. The van der Waals surface area contributed by atoms with Gasteiger partial charge in [-0.2, -0.15) is 0 Å². The molecule has 0 aliphatic carbocycles. The molecule has 0 unspecified atom stereocenters. The van der Waals surface area contributed by atoms with Crippen LogP contribution in [0.15, 0.2) is 54.6 Å². The van der Waals surface area contributed by atoms with Crippen molar-refractivity contribution in [1.82, 2.24) is 0 Å². The van der Waals surface area contributed by atoms with E-state index in [4.69, 9.17) is 6.42 Å². The first-order valence-electron chi connectivity index (χ1n) is 6.28. The molecule has 0 heteroatoms. The highest BCUT2D eigenvalue weighted by atomic mass is 14.2. The van der Waals surface area contributed by atoms with Crippen LogP contribution in [0.1, 0.15) is 30.5 Å². The Labute approximate surface area is 115 Å². The predicted octanol–water partition coefficient (Wildman–Crippen LogP) is 4.00. The van der Waals surface area contributed by atoms with Crippen LogP contribution in [0.25, 0.3) is 0 Å². The van der Waals surface area contributed by atoms with Crippen LogP contribution in [-0.4, -0.2) is 0 Å². The summed E-state index contributed by atoms with van der Waals surface area (Å²) in [6, 6.07) is 18.1. The predicted molar refractivity (Wildman–Crippen MR) is 80.7 cm³/mol. The zero-order chi connectivity index (χ0) is 13.7. The highest BCUT2D eigenvalue weighted by Gasteiger charge is 2.16. The standard InChI is InChI=1S/C19H16/c1-4-16-10-8-9-11-17(16)14-15-19(2,3)18-12-6-5-7-13-18/h1,5-13H,2-3H3. The average Bonchev–Trinajstić information content (AvgIpc) is 2.46. The molecule has 2 aromatic carbocycles. The Bertz CT molecular complexity index is 658. The van der Waals surface area contributed by atoms with Crippen molar-refractivity contribution in [1.29, 1.82) is 0 Å². The second-order valence-corrected chi connectivity index (χ2v) is 4.93. The van der Waals surface area contributed by atoms with Gasteiger partial charge < -0.3 is 0 Å². The molecule has 0 heterocycles. The lowest BCUT2D eigenvalue weighted by Crippen LogP contribution is -2.13. The van der Waals surface area contributed by atoms with Crippen molar-refractivity contribution >= 4 is 0 Å². The van der Waals surface area contributed by atoms with Gasteiger partial charge >= 0.3 is 0 Å². The van der Waals surface area contributed by atoms with Crippen molar-refractivity contribution < 1.29 is 0 Å². The van der Waals surface area contributed by atoms with Gasteiger partial charge in [0.05, 0.1) is 5.41 Å². The Kier molecular flexibility index (Phi) is 3.74. The number of hydrogen-bond donors (Lipinski definition) is 0. The van der Waals surface area contributed by atoms with Gasteiger partial charge in [-0.25, -0.2) is 0 Å². The minimum Gasteiger partial charge on any atom is -0.115 e. The molecular weight excluding hydrogens is 228 g/mol. The molecule has 0 aromatic heterocycles. The molecule has 0 saturated heterocycles. The van der Waals surface area contributed by atoms with Crippen molar-refractivity contribution in [3.05, 3.63) is 71.3 Å². The SMILES string of the molecule is C#Cc1ccccc1C#CC(C)(C)c1ccccc1. The maximum Gasteiger partial charge on any atom is 0.0510 e. The summed E-state index contributed by atoms with van der Waals surface area (Å²) in [6.45, 7) is 4.24. The average molecular weight is 244 g/mol. The summed E-state index contributed by atoms with van der Waals surface area (Å²) in [5.74, 6) is 9.20. The van der Waals surface area contributed by atoms with Crippen LogP contribution in [0, 0.1) is 24.2 Å². The van der Waals surface area contributed by atoms with E-state index in [0.29, 0.717) is 0 Å². The Hall–Kier alpha value is -2.44. The van der Waals surface area contributed by atoms with Gasteiger partial charge in [0.15, 0.2) is 0 Å². The minimum atomic E-state index is -0.191. The second kappa shape index (κ2) is 5.47. The first-order valence-corrected chi connectivity index (χ1v) is 6.28. The molecule has 0 fully saturated rings. The van der Waals surface area contributed by atoms with Crippen LogP contribution in [0.4, 0.5) is 0 Å². The molecule has 0 N–H and O–H groups in total. The fourth-order valence-electron chi connectivity index (χ4n) is 1.87. The summed E-state index contributed by atoms with van der Waals surface area (Å²) in [7, 11) is 0. The van der Waals surface area contributed by atoms with Crippen LogP contribution in [0.5, 0.6) is 0 Å². The van der Waals surface area contributed by atoms with Gasteiger partial charge in [-0.3, -0.25) is 0 Å². The van der Waals surface area contributed by atoms with Gasteiger partial charge in [0.25, 0.3) is 0 Å². The topological polar surface area (TPSA) is 0 Å².